The average molecular weight is 428 g/mol. The van der Waals surface area contributed by atoms with E-state index in [9.17, 15) is 9.90 Å². The van der Waals surface area contributed by atoms with Gasteiger partial charge in [0.25, 0.3) is 5.56 Å². The Balaban J connectivity index is 1.80. The number of aliphatic hydroxyl groups excluding tert-OH is 1. The van der Waals surface area contributed by atoms with Crippen LogP contribution in [0.15, 0.2) is 53.8 Å². The standard InChI is InChI=1S/C23H29N3O3S/c1-4-10-29-15-18(27)13-26(12-17-8-6-5-7-9-17)14-21-24-22(28)19-11-20(16(2)3)30-23(19)25-21/h4-9,11,16,18,27H,1,10,12-15H2,2-3H3,(H,24,25,28). The van der Waals surface area contributed by atoms with Gasteiger partial charge in [0.05, 0.1) is 31.2 Å². The summed E-state index contributed by atoms with van der Waals surface area (Å²) < 4.78 is 5.38. The molecule has 0 radical (unpaired) electrons. The van der Waals surface area contributed by atoms with Gasteiger partial charge in [-0.1, -0.05) is 50.3 Å². The van der Waals surface area contributed by atoms with E-state index in [-0.39, 0.29) is 12.2 Å². The summed E-state index contributed by atoms with van der Waals surface area (Å²) in [6.45, 7) is 9.91. The van der Waals surface area contributed by atoms with Crippen LogP contribution in [0.3, 0.4) is 0 Å². The number of hydrogen-bond acceptors (Lipinski definition) is 6. The van der Waals surface area contributed by atoms with Gasteiger partial charge >= 0.3 is 0 Å². The summed E-state index contributed by atoms with van der Waals surface area (Å²) in [7, 11) is 0. The van der Waals surface area contributed by atoms with E-state index >= 15 is 0 Å². The normalized spacial score (nSPS) is 12.7. The summed E-state index contributed by atoms with van der Waals surface area (Å²) in [6.07, 6.45) is 1.00. The number of thiophene rings is 1. The molecule has 0 aliphatic heterocycles. The van der Waals surface area contributed by atoms with Crippen LogP contribution in [0.1, 0.15) is 36.0 Å². The number of benzene rings is 1. The first-order valence-corrected chi connectivity index (χ1v) is 10.9. The molecule has 30 heavy (non-hydrogen) atoms. The summed E-state index contributed by atoms with van der Waals surface area (Å²) >= 11 is 1.56. The average Bonchev–Trinajstić information content (AvgIpc) is 3.14. The minimum atomic E-state index is -0.654. The molecule has 160 valence electrons. The zero-order valence-electron chi connectivity index (χ0n) is 17.5. The molecule has 0 saturated heterocycles. The minimum Gasteiger partial charge on any atom is -0.389 e. The first kappa shape index (κ1) is 22.4. The molecule has 7 heteroatoms. The van der Waals surface area contributed by atoms with Gasteiger partial charge in [-0.05, 0) is 17.5 Å². The minimum absolute atomic E-state index is 0.118. The second-order valence-corrected chi connectivity index (χ2v) is 8.73. The number of fused-ring (bicyclic) bond motifs is 1. The molecule has 1 aromatic carbocycles. The van der Waals surface area contributed by atoms with E-state index in [2.05, 4.69) is 30.3 Å². The number of aromatic nitrogens is 2. The summed E-state index contributed by atoms with van der Waals surface area (Å²) in [5.41, 5.74) is 1.01. The molecule has 1 unspecified atom stereocenters. The second-order valence-electron chi connectivity index (χ2n) is 7.67. The first-order valence-electron chi connectivity index (χ1n) is 10.1. The van der Waals surface area contributed by atoms with Crippen LogP contribution in [0.2, 0.25) is 0 Å². The lowest BCUT2D eigenvalue weighted by Gasteiger charge is -2.24. The van der Waals surface area contributed by atoms with Gasteiger partial charge in [0.15, 0.2) is 0 Å². The van der Waals surface area contributed by atoms with Crippen molar-refractivity contribution in [1.82, 2.24) is 14.9 Å². The molecule has 1 atom stereocenters. The van der Waals surface area contributed by atoms with Gasteiger partial charge in [-0.3, -0.25) is 9.69 Å². The molecule has 6 nitrogen and oxygen atoms in total. The maximum absolute atomic E-state index is 12.6. The molecule has 3 rings (SSSR count). The van der Waals surface area contributed by atoms with E-state index in [0.717, 1.165) is 15.3 Å². The third-order valence-electron chi connectivity index (χ3n) is 4.68. The number of ether oxygens (including phenoxy) is 1. The predicted molar refractivity (Wildman–Crippen MR) is 122 cm³/mol. The Morgan fingerprint density at radius 3 is 2.77 bits per heavy atom. The molecule has 3 aromatic rings. The zero-order valence-corrected chi connectivity index (χ0v) is 18.3. The molecular formula is C23H29N3O3S. The molecule has 2 N–H and O–H groups in total. The second kappa shape index (κ2) is 10.6. The lowest BCUT2D eigenvalue weighted by Crippen LogP contribution is -2.35. The SMILES string of the molecule is C=CCOCC(O)CN(Cc1ccccc1)Cc1nc2sc(C(C)C)cc2c(=O)[nH]1. The molecule has 0 amide bonds. The lowest BCUT2D eigenvalue weighted by atomic mass is 10.2. The maximum atomic E-state index is 12.6. The highest BCUT2D eigenvalue weighted by Crippen LogP contribution is 2.27. The summed E-state index contributed by atoms with van der Waals surface area (Å²) in [5.74, 6) is 0.951. The van der Waals surface area contributed by atoms with Gasteiger partial charge in [-0.2, -0.15) is 0 Å². The molecule has 0 aliphatic carbocycles. The number of H-pyrrole nitrogens is 1. The Morgan fingerprint density at radius 1 is 1.30 bits per heavy atom. The van der Waals surface area contributed by atoms with Crippen molar-refractivity contribution in [3.05, 3.63) is 75.7 Å². The van der Waals surface area contributed by atoms with Crippen molar-refractivity contribution < 1.29 is 9.84 Å². The van der Waals surface area contributed by atoms with Gasteiger partial charge in [-0.25, -0.2) is 4.98 Å². The van der Waals surface area contributed by atoms with E-state index in [4.69, 9.17) is 9.72 Å². The molecule has 0 spiro atoms. The highest BCUT2D eigenvalue weighted by atomic mass is 32.1. The fourth-order valence-electron chi connectivity index (χ4n) is 3.23. The lowest BCUT2D eigenvalue weighted by molar-refractivity contribution is 0.0223. The summed E-state index contributed by atoms with van der Waals surface area (Å²) in [6, 6.07) is 12.0. The number of rotatable bonds is 11. The van der Waals surface area contributed by atoms with E-state index < -0.39 is 6.10 Å². The van der Waals surface area contributed by atoms with Gasteiger partial charge in [0.2, 0.25) is 0 Å². The van der Waals surface area contributed by atoms with Crippen LogP contribution in [-0.4, -0.2) is 45.8 Å². The molecule has 0 fully saturated rings. The van der Waals surface area contributed by atoms with E-state index in [1.807, 2.05) is 36.4 Å². The molecule has 2 heterocycles. The van der Waals surface area contributed by atoms with Crippen molar-refractivity contribution in [1.29, 1.82) is 0 Å². The Bertz CT molecular complexity index is 1010. The van der Waals surface area contributed by atoms with Crippen LogP contribution in [-0.2, 0) is 17.8 Å². The van der Waals surface area contributed by atoms with Crippen LogP contribution in [0.4, 0.5) is 0 Å². The summed E-state index contributed by atoms with van der Waals surface area (Å²) in [5, 5.41) is 11.0. The Labute approximate surface area is 180 Å². The maximum Gasteiger partial charge on any atom is 0.259 e. The van der Waals surface area contributed by atoms with Crippen LogP contribution >= 0.6 is 11.3 Å². The highest BCUT2D eigenvalue weighted by molar-refractivity contribution is 7.18. The van der Waals surface area contributed by atoms with E-state index in [1.165, 1.54) is 0 Å². The van der Waals surface area contributed by atoms with Crippen LogP contribution in [0.25, 0.3) is 10.2 Å². The zero-order chi connectivity index (χ0) is 21.5. The van der Waals surface area contributed by atoms with Crippen molar-refractivity contribution in [2.45, 2.75) is 39.0 Å². The quantitative estimate of drug-likeness (QED) is 0.361. The molecule has 0 bridgehead atoms. The third-order valence-corrected chi connectivity index (χ3v) is 6.01. The fourth-order valence-corrected chi connectivity index (χ4v) is 4.28. The Hall–Kier alpha value is -2.32. The Morgan fingerprint density at radius 2 is 2.07 bits per heavy atom. The molecule has 0 saturated carbocycles. The number of nitrogens with one attached hydrogen (secondary N) is 1. The van der Waals surface area contributed by atoms with Gasteiger partial charge < -0.3 is 14.8 Å². The van der Waals surface area contributed by atoms with Gasteiger partial charge in [0.1, 0.15) is 10.7 Å². The Kier molecular flexibility index (Phi) is 7.93. The first-order chi connectivity index (χ1) is 14.5. The number of aliphatic hydroxyl groups is 1. The number of aromatic amines is 1. The molecular weight excluding hydrogens is 398 g/mol. The summed E-state index contributed by atoms with van der Waals surface area (Å²) in [4.78, 5) is 24.2. The molecule has 2 aromatic heterocycles. The number of hydrogen-bond donors (Lipinski definition) is 2. The van der Waals surface area contributed by atoms with Crippen LogP contribution < -0.4 is 5.56 Å². The number of nitrogens with zero attached hydrogens (tertiary/aromatic N) is 2. The van der Waals surface area contributed by atoms with E-state index in [1.54, 1.807) is 17.4 Å². The van der Waals surface area contributed by atoms with Crippen molar-refractivity contribution in [3.63, 3.8) is 0 Å². The van der Waals surface area contributed by atoms with Crippen molar-refractivity contribution in [2.75, 3.05) is 19.8 Å². The predicted octanol–water partition coefficient (Wildman–Crippen LogP) is 3.67. The van der Waals surface area contributed by atoms with Gasteiger partial charge in [-0.15, -0.1) is 17.9 Å². The largest absolute Gasteiger partial charge is 0.389 e. The van der Waals surface area contributed by atoms with E-state index in [0.29, 0.717) is 43.4 Å². The van der Waals surface area contributed by atoms with Crippen LogP contribution in [0.5, 0.6) is 0 Å². The fraction of sp³-hybridized carbons (Fsp3) is 0.391. The highest BCUT2D eigenvalue weighted by Gasteiger charge is 2.16. The topological polar surface area (TPSA) is 78.5 Å². The van der Waals surface area contributed by atoms with Gasteiger partial charge in [0, 0.05) is 18.0 Å². The van der Waals surface area contributed by atoms with Crippen LogP contribution in [0, 0.1) is 0 Å². The van der Waals surface area contributed by atoms with Crippen molar-refractivity contribution in [3.8, 4) is 0 Å². The van der Waals surface area contributed by atoms with Crippen molar-refractivity contribution >= 4 is 21.6 Å². The molecule has 0 aliphatic rings. The smallest absolute Gasteiger partial charge is 0.259 e. The van der Waals surface area contributed by atoms with Crippen molar-refractivity contribution in [2.24, 2.45) is 0 Å². The monoisotopic (exact) mass is 427 g/mol. The third kappa shape index (κ3) is 6.09.